The topological polar surface area (TPSA) is 65.0 Å². The molecule has 0 aromatic heterocycles. The molecule has 1 aromatic rings. The van der Waals surface area contributed by atoms with Crippen LogP contribution in [0.25, 0.3) is 0 Å². The van der Waals surface area contributed by atoms with E-state index in [1.54, 1.807) is 7.11 Å². The van der Waals surface area contributed by atoms with Gasteiger partial charge in [-0.3, -0.25) is 4.79 Å². The predicted octanol–water partition coefficient (Wildman–Crippen LogP) is 5.56. The van der Waals surface area contributed by atoms with E-state index in [1.807, 2.05) is 12.1 Å². The van der Waals surface area contributed by atoms with Crippen molar-refractivity contribution >= 4 is 5.78 Å². The van der Waals surface area contributed by atoms with Crippen molar-refractivity contribution in [2.24, 2.45) is 22.7 Å². The van der Waals surface area contributed by atoms with Crippen molar-refractivity contribution < 1.29 is 24.1 Å². The molecule has 0 unspecified atom stereocenters. The van der Waals surface area contributed by atoms with Crippen LogP contribution in [0.4, 0.5) is 0 Å². The van der Waals surface area contributed by atoms with Gasteiger partial charge in [-0.2, -0.15) is 0 Å². The second-order valence-electron chi connectivity index (χ2n) is 13.0. The molecule has 1 aliphatic heterocycles. The van der Waals surface area contributed by atoms with Crippen LogP contribution >= 0.6 is 0 Å². The maximum atomic E-state index is 13.2. The van der Waals surface area contributed by atoms with Crippen LogP contribution in [0.15, 0.2) is 35.4 Å². The largest absolute Gasteiger partial charge is 0.497 e. The van der Waals surface area contributed by atoms with Crippen molar-refractivity contribution in [2.45, 2.75) is 89.4 Å². The van der Waals surface area contributed by atoms with Crippen LogP contribution in [0.1, 0.15) is 83.6 Å². The van der Waals surface area contributed by atoms with E-state index in [9.17, 15) is 9.90 Å². The number of allylic oxidation sites excluding steroid dienone is 1. The molecule has 0 amide bonds. The number of methoxy groups -OCH3 is 1. The molecule has 35 heavy (non-hydrogen) atoms. The normalized spacial score (nSPS) is 39.7. The van der Waals surface area contributed by atoms with E-state index in [4.69, 9.17) is 14.2 Å². The Bertz CT molecular complexity index is 1050. The number of aliphatic hydroxyl groups is 1. The fourth-order valence-corrected chi connectivity index (χ4v) is 8.16. The standard InChI is InChI=1S/C30H40O5/c1-27(2)17-34-30(35-18-27)14-12-24-26-21(11-13-29(24,32)16-30)23-9-10-25(31)28(23,3)15-22(26)19-5-7-20(33-4)8-6-19/h5-8,21-23,32H,9-18H2,1-4H3/t21-,22+,23-,28-,29+/m0/s1. The summed E-state index contributed by atoms with van der Waals surface area (Å²) < 4.78 is 18.1. The molecule has 1 N–H and O–H groups in total. The Kier molecular flexibility index (Phi) is 5.35. The second kappa shape index (κ2) is 7.90. The zero-order chi connectivity index (χ0) is 24.6. The van der Waals surface area contributed by atoms with E-state index in [0.717, 1.165) is 44.3 Å². The molecule has 5 heteroatoms. The maximum absolute atomic E-state index is 13.2. The van der Waals surface area contributed by atoms with Crippen LogP contribution in [0.2, 0.25) is 0 Å². The van der Waals surface area contributed by atoms with Gasteiger partial charge in [0.15, 0.2) is 5.79 Å². The fourth-order valence-electron chi connectivity index (χ4n) is 8.16. The van der Waals surface area contributed by atoms with Gasteiger partial charge in [0.05, 0.1) is 25.9 Å². The third-order valence-electron chi connectivity index (χ3n) is 10.1. The minimum Gasteiger partial charge on any atom is -0.497 e. The Morgan fingerprint density at radius 2 is 1.71 bits per heavy atom. The highest BCUT2D eigenvalue weighted by Crippen LogP contribution is 2.64. The molecule has 190 valence electrons. The third-order valence-corrected chi connectivity index (χ3v) is 10.1. The van der Waals surface area contributed by atoms with Crippen molar-refractivity contribution in [2.75, 3.05) is 20.3 Å². The predicted molar refractivity (Wildman–Crippen MR) is 133 cm³/mol. The Labute approximate surface area is 209 Å². The second-order valence-corrected chi connectivity index (χ2v) is 13.0. The monoisotopic (exact) mass is 480 g/mol. The average Bonchev–Trinajstić information content (AvgIpc) is 3.14. The number of carbonyl (C=O) groups is 1. The number of fused-ring (bicyclic) bond motifs is 4. The SMILES string of the molecule is COc1ccc([C@H]2C[C@]3(C)C(=O)CC[C@H]3[C@@H]3CC[C@@]4(O)CC5(CCC4=C32)OCC(C)(C)CO5)cc1. The highest BCUT2D eigenvalue weighted by atomic mass is 16.7. The van der Waals surface area contributed by atoms with Crippen molar-refractivity contribution in [3.63, 3.8) is 0 Å². The number of ketones is 1. The Morgan fingerprint density at radius 1 is 1.00 bits per heavy atom. The first-order chi connectivity index (χ1) is 16.6. The summed E-state index contributed by atoms with van der Waals surface area (Å²) in [6.45, 7) is 7.87. The maximum Gasteiger partial charge on any atom is 0.171 e. The van der Waals surface area contributed by atoms with E-state index in [-0.39, 0.29) is 16.7 Å². The van der Waals surface area contributed by atoms with Crippen molar-refractivity contribution in [3.05, 3.63) is 41.0 Å². The Morgan fingerprint density at radius 3 is 2.40 bits per heavy atom. The van der Waals surface area contributed by atoms with Gasteiger partial charge in [0.25, 0.3) is 0 Å². The minimum absolute atomic E-state index is 0.00652. The summed E-state index contributed by atoms with van der Waals surface area (Å²) in [6, 6.07) is 8.36. The van der Waals surface area contributed by atoms with E-state index in [1.165, 1.54) is 16.7 Å². The summed E-state index contributed by atoms with van der Waals surface area (Å²) in [6.07, 6.45) is 6.26. The van der Waals surface area contributed by atoms with E-state index in [2.05, 4.69) is 32.9 Å². The molecule has 0 bridgehead atoms. The molecule has 4 fully saturated rings. The fraction of sp³-hybridized carbons (Fsp3) is 0.700. The summed E-state index contributed by atoms with van der Waals surface area (Å²) in [5.74, 6) is 1.49. The first-order valence-corrected chi connectivity index (χ1v) is 13.5. The molecule has 5 nitrogen and oxygen atoms in total. The van der Waals surface area contributed by atoms with E-state index in [0.29, 0.717) is 43.7 Å². The highest BCUT2D eigenvalue weighted by molar-refractivity contribution is 5.87. The molecule has 1 spiro atoms. The van der Waals surface area contributed by atoms with Crippen LogP contribution < -0.4 is 4.74 Å². The van der Waals surface area contributed by atoms with Crippen molar-refractivity contribution in [3.8, 4) is 5.75 Å². The van der Waals surface area contributed by atoms with Gasteiger partial charge in [-0.15, -0.1) is 0 Å². The van der Waals surface area contributed by atoms with Gasteiger partial charge in [-0.25, -0.2) is 0 Å². The number of benzene rings is 1. The lowest BCUT2D eigenvalue weighted by molar-refractivity contribution is -0.322. The van der Waals surface area contributed by atoms with Crippen LogP contribution in [-0.2, 0) is 14.3 Å². The summed E-state index contributed by atoms with van der Waals surface area (Å²) in [5, 5.41) is 12.2. The van der Waals surface area contributed by atoms with Gasteiger partial charge in [0.2, 0.25) is 0 Å². The lowest BCUT2D eigenvalue weighted by atomic mass is 9.51. The lowest BCUT2D eigenvalue weighted by Crippen LogP contribution is -2.57. The van der Waals surface area contributed by atoms with Gasteiger partial charge in [-0.05, 0) is 67.2 Å². The van der Waals surface area contributed by atoms with Crippen molar-refractivity contribution in [1.29, 1.82) is 0 Å². The zero-order valence-electron chi connectivity index (χ0n) is 21.7. The molecule has 0 radical (unpaired) electrons. The quantitative estimate of drug-likeness (QED) is 0.562. The molecule has 4 aliphatic carbocycles. The van der Waals surface area contributed by atoms with Gasteiger partial charge >= 0.3 is 0 Å². The van der Waals surface area contributed by atoms with Crippen LogP contribution in [0.3, 0.4) is 0 Å². The average molecular weight is 481 g/mol. The van der Waals surface area contributed by atoms with Crippen LogP contribution in [0.5, 0.6) is 5.75 Å². The smallest absolute Gasteiger partial charge is 0.171 e. The number of hydrogen-bond donors (Lipinski definition) is 1. The summed E-state index contributed by atoms with van der Waals surface area (Å²) in [5.41, 5.74) is 2.71. The number of ether oxygens (including phenoxy) is 3. The summed E-state index contributed by atoms with van der Waals surface area (Å²) in [4.78, 5) is 13.2. The molecule has 1 aromatic carbocycles. The van der Waals surface area contributed by atoms with Gasteiger partial charge in [-0.1, -0.05) is 38.5 Å². The van der Waals surface area contributed by atoms with Crippen LogP contribution in [-0.4, -0.2) is 42.6 Å². The minimum atomic E-state index is -0.896. The highest BCUT2D eigenvalue weighted by Gasteiger charge is 2.60. The zero-order valence-corrected chi connectivity index (χ0v) is 21.7. The summed E-state index contributed by atoms with van der Waals surface area (Å²) >= 11 is 0. The molecule has 6 rings (SSSR count). The number of carbonyl (C=O) groups excluding carboxylic acids is 1. The number of hydrogen-bond acceptors (Lipinski definition) is 5. The van der Waals surface area contributed by atoms with Gasteiger partial charge in [0.1, 0.15) is 11.5 Å². The number of Topliss-reactive ketones (excluding diaryl/α,β-unsaturated/α-hetero) is 1. The lowest BCUT2D eigenvalue weighted by Gasteiger charge is -2.56. The number of rotatable bonds is 2. The van der Waals surface area contributed by atoms with Gasteiger partial charge < -0.3 is 19.3 Å². The van der Waals surface area contributed by atoms with Crippen LogP contribution in [0, 0.1) is 22.7 Å². The molecule has 1 saturated heterocycles. The van der Waals surface area contributed by atoms with Crippen molar-refractivity contribution in [1.82, 2.24) is 0 Å². The first kappa shape index (κ1) is 23.7. The first-order valence-electron chi connectivity index (χ1n) is 13.5. The summed E-state index contributed by atoms with van der Waals surface area (Å²) in [7, 11) is 1.69. The molecule has 5 aliphatic rings. The molecule has 1 heterocycles. The molecular formula is C30H40O5. The van der Waals surface area contributed by atoms with E-state index >= 15 is 0 Å². The third kappa shape index (κ3) is 3.64. The van der Waals surface area contributed by atoms with Gasteiger partial charge in [0, 0.05) is 36.0 Å². The Hall–Kier alpha value is -1.69. The molecule has 5 atom stereocenters. The molecular weight excluding hydrogens is 440 g/mol. The van der Waals surface area contributed by atoms with E-state index < -0.39 is 11.4 Å². The Balaban J connectivity index is 1.42. The molecule has 3 saturated carbocycles.